The first-order chi connectivity index (χ1) is 6.77. The van der Waals surface area contributed by atoms with Crippen molar-refractivity contribution in [3.63, 3.8) is 0 Å². The molecule has 0 aromatic heterocycles. The maximum absolute atomic E-state index is 11.1. The van der Waals surface area contributed by atoms with Crippen molar-refractivity contribution in [1.29, 1.82) is 0 Å². The van der Waals surface area contributed by atoms with Gasteiger partial charge in [0.1, 0.15) is 0 Å². The number of hydrogen-bond acceptors (Lipinski definition) is 2. The fourth-order valence-electron chi connectivity index (χ4n) is 1.32. The lowest BCUT2D eigenvalue weighted by Gasteiger charge is -2.07. The zero-order chi connectivity index (χ0) is 9.97. The molecular formula is C11H9NO2. The van der Waals surface area contributed by atoms with Crippen molar-refractivity contribution in [3.05, 3.63) is 47.7 Å². The standard InChI is InChI=1S/C11H9NO2/c13-10-7-6-9(12-11(10)14)8-4-2-1-3-5-8/h1-5,7,13H,6H2. The van der Waals surface area contributed by atoms with Gasteiger partial charge in [-0.05, 0) is 11.6 Å². The monoisotopic (exact) mass is 187 g/mol. The van der Waals surface area contributed by atoms with Crippen molar-refractivity contribution in [1.82, 2.24) is 0 Å². The highest BCUT2D eigenvalue weighted by molar-refractivity contribution is 6.12. The average molecular weight is 187 g/mol. The number of rotatable bonds is 1. The van der Waals surface area contributed by atoms with E-state index in [1.54, 1.807) is 0 Å². The Morgan fingerprint density at radius 1 is 1.21 bits per heavy atom. The lowest BCUT2D eigenvalue weighted by molar-refractivity contribution is -0.116. The number of aliphatic imine (C=N–C) groups is 1. The molecule has 0 aliphatic carbocycles. The number of benzene rings is 1. The third-order valence-corrected chi connectivity index (χ3v) is 2.05. The fraction of sp³-hybridized carbons (Fsp3) is 0.0909. The van der Waals surface area contributed by atoms with Crippen LogP contribution >= 0.6 is 0 Å². The highest BCUT2D eigenvalue weighted by atomic mass is 16.3. The van der Waals surface area contributed by atoms with Gasteiger partial charge < -0.3 is 5.11 Å². The number of amides is 1. The van der Waals surface area contributed by atoms with Crippen LogP contribution in [0, 0.1) is 0 Å². The minimum atomic E-state index is -0.560. The Balaban J connectivity index is 2.31. The van der Waals surface area contributed by atoms with E-state index in [0.717, 1.165) is 5.56 Å². The van der Waals surface area contributed by atoms with E-state index < -0.39 is 5.91 Å². The van der Waals surface area contributed by atoms with Gasteiger partial charge in [-0.3, -0.25) is 4.79 Å². The van der Waals surface area contributed by atoms with E-state index in [2.05, 4.69) is 4.99 Å². The van der Waals surface area contributed by atoms with Crippen LogP contribution in [0.4, 0.5) is 0 Å². The summed E-state index contributed by atoms with van der Waals surface area (Å²) in [4.78, 5) is 14.9. The number of carbonyl (C=O) groups excluding carboxylic acids is 1. The van der Waals surface area contributed by atoms with Crippen LogP contribution in [0.15, 0.2) is 47.2 Å². The first kappa shape index (κ1) is 8.69. The van der Waals surface area contributed by atoms with E-state index in [1.807, 2.05) is 30.3 Å². The summed E-state index contributed by atoms with van der Waals surface area (Å²) >= 11 is 0. The van der Waals surface area contributed by atoms with E-state index in [0.29, 0.717) is 12.1 Å². The molecule has 1 amide bonds. The van der Waals surface area contributed by atoms with E-state index >= 15 is 0 Å². The molecule has 0 spiro atoms. The van der Waals surface area contributed by atoms with Crippen molar-refractivity contribution < 1.29 is 9.90 Å². The van der Waals surface area contributed by atoms with Gasteiger partial charge in [0.05, 0.1) is 5.71 Å². The minimum absolute atomic E-state index is 0.260. The average Bonchev–Trinajstić information content (AvgIpc) is 2.23. The van der Waals surface area contributed by atoms with Crippen molar-refractivity contribution in [2.24, 2.45) is 4.99 Å². The summed E-state index contributed by atoms with van der Waals surface area (Å²) in [6.45, 7) is 0. The highest BCUT2D eigenvalue weighted by Crippen LogP contribution is 2.12. The van der Waals surface area contributed by atoms with E-state index in [9.17, 15) is 4.79 Å². The van der Waals surface area contributed by atoms with Gasteiger partial charge in [-0.1, -0.05) is 30.3 Å². The molecule has 1 N–H and O–H groups in total. The van der Waals surface area contributed by atoms with Crippen molar-refractivity contribution >= 4 is 11.6 Å². The molecule has 1 aliphatic heterocycles. The number of dihydropyridines is 1. The molecular weight excluding hydrogens is 178 g/mol. The predicted molar refractivity (Wildman–Crippen MR) is 53.3 cm³/mol. The third kappa shape index (κ3) is 1.57. The van der Waals surface area contributed by atoms with Crippen LogP contribution in [0.25, 0.3) is 0 Å². The Hall–Kier alpha value is -1.90. The Morgan fingerprint density at radius 2 is 1.93 bits per heavy atom. The quantitative estimate of drug-likeness (QED) is 0.729. The zero-order valence-electron chi connectivity index (χ0n) is 7.47. The molecule has 0 radical (unpaired) electrons. The molecule has 70 valence electrons. The van der Waals surface area contributed by atoms with Crippen LogP contribution in [0.5, 0.6) is 0 Å². The van der Waals surface area contributed by atoms with Crippen LogP contribution < -0.4 is 0 Å². The van der Waals surface area contributed by atoms with Gasteiger partial charge in [0.25, 0.3) is 0 Å². The number of aliphatic hydroxyl groups excluding tert-OH is 1. The smallest absolute Gasteiger partial charge is 0.311 e. The van der Waals surface area contributed by atoms with E-state index in [-0.39, 0.29) is 5.76 Å². The fourth-order valence-corrected chi connectivity index (χ4v) is 1.32. The minimum Gasteiger partial charge on any atom is -0.503 e. The first-order valence-electron chi connectivity index (χ1n) is 4.34. The molecule has 3 heteroatoms. The van der Waals surface area contributed by atoms with Gasteiger partial charge in [-0.2, -0.15) is 0 Å². The second-order valence-electron chi connectivity index (χ2n) is 3.02. The Kier molecular flexibility index (Phi) is 2.14. The van der Waals surface area contributed by atoms with Gasteiger partial charge in [-0.25, -0.2) is 4.99 Å². The second kappa shape index (κ2) is 3.46. The third-order valence-electron chi connectivity index (χ3n) is 2.05. The van der Waals surface area contributed by atoms with Crippen LogP contribution in [-0.2, 0) is 4.79 Å². The molecule has 0 bridgehead atoms. The van der Waals surface area contributed by atoms with Crippen LogP contribution in [0.2, 0.25) is 0 Å². The molecule has 0 unspecified atom stereocenters. The molecule has 0 atom stereocenters. The highest BCUT2D eigenvalue weighted by Gasteiger charge is 2.14. The summed E-state index contributed by atoms with van der Waals surface area (Å²) in [6, 6.07) is 9.47. The molecule has 0 fully saturated rings. The van der Waals surface area contributed by atoms with Crippen LogP contribution in [-0.4, -0.2) is 16.7 Å². The Morgan fingerprint density at radius 3 is 2.57 bits per heavy atom. The molecule has 14 heavy (non-hydrogen) atoms. The molecule has 3 nitrogen and oxygen atoms in total. The Labute approximate surface area is 81.4 Å². The molecule has 0 saturated carbocycles. The van der Waals surface area contributed by atoms with Crippen LogP contribution in [0.1, 0.15) is 12.0 Å². The van der Waals surface area contributed by atoms with Gasteiger partial charge in [0.15, 0.2) is 5.76 Å². The summed E-state index contributed by atoms with van der Waals surface area (Å²) in [7, 11) is 0. The summed E-state index contributed by atoms with van der Waals surface area (Å²) in [6.07, 6.45) is 1.99. The number of carbonyl (C=O) groups is 1. The lowest BCUT2D eigenvalue weighted by atomic mass is 10.1. The van der Waals surface area contributed by atoms with Gasteiger partial charge in [-0.15, -0.1) is 0 Å². The van der Waals surface area contributed by atoms with Crippen molar-refractivity contribution in [2.75, 3.05) is 0 Å². The molecule has 2 rings (SSSR count). The molecule has 1 aromatic carbocycles. The topological polar surface area (TPSA) is 49.7 Å². The molecule has 1 aliphatic rings. The van der Waals surface area contributed by atoms with Crippen LogP contribution in [0.3, 0.4) is 0 Å². The normalized spacial score (nSPS) is 16.1. The number of nitrogens with zero attached hydrogens (tertiary/aromatic N) is 1. The van der Waals surface area contributed by atoms with Gasteiger partial charge in [0.2, 0.25) is 0 Å². The summed E-state index contributed by atoms with van der Waals surface area (Å²) in [5.74, 6) is -0.820. The van der Waals surface area contributed by atoms with Gasteiger partial charge in [0, 0.05) is 6.42 Å². The van der Waals surface area contributed by atoms with E-state index in [4.69, 9.17) is 5.11 Å². The predicted octanol–water partition coefficient (Wildman–Crippen LogP) is 1.85. The van der Waals surface area contributed by atoms with Crippen molar-refractivity contribution in [3.8, 4) is 0 Å². The number of aliphatic hydroxyl groups is 1. The maximum Gasteiger partial charge on any atom is 0.311 e. The lowest BCUT2D eigenvalue weighted by Crippen LogP contribution is -2.11. The maximum atomic E-state index is 11.1. The summed E-state index contributed by atoms with van der Waals surface area (Å²) < 4.78 is 0. The zero-order valence-corrected chi connectivity index (χ0v) is 7.47. The molecule has 1 heterocycles. The Bertz CT molecular complexity index is 418. The second-order valence-corrected chi connectivity index (χ2v) is 3.02. The first-order valence-corrected chi connectivity index (χ1v) is 4.34. The molecule has 0 saturated heterocycles. The van der Waals surface area contributed by atoms with E-state index in [1.165, 1.54) is 6.08 Å². The van der Waals surface area contributed by atoms with Crippen molar-refractivity contribution in [2.45, 2.75) is 6.42 Å². The summed E-state index contributed by atoms with van der Waals surface area (Å²) in [5, 5.41) is 9.05. The SMILES string of the molecule is O=C1N=C(c2ccccc2)CC=C1O. The van der Waals surface area contributed by atoms with Gasteiger partial charge >= 0.3 is 5.91 Å². The number of hydrogen-bond donors (Lipinski definition) is 1. The summed E-state index contributed by atoms with van der Waals surface area (Å²) in [5.41, 5.74) is 1.62. The molecule has 1 aromatic rings. The number of allylic oxidation sites excluding steroid dienone is 1. The largest absolute Gasteiger partial charge is 0.503 e.